The Morgan fingerprint density at radius 1 is 1.03 bits per heavy atom. The van der Waals surface area contributed by atoms with E-state index in [0.717, 1.165) is 16.7 Å². The highest BCUT2D eigenvalue weighted by atomic mass is 32.2. The quantitative estimate of drug-likeness (QED) is 0.617. The molecule has 1 aliphatic rings. The first-order valence-corrected chi connectivity index (χ1v) is 11.2. The molecule has 0 bridgehead atoms. The molecule has 3 aromatic rings. The lowest BCUT2D eigenvalue weighted by atomic mass is 9.93. The average Bonchev–Trinajstić information content (AvgIpc) is 2.96. The Balaban J connectivity index is 1.74. The minimum absolute atomic E-state index is 0.0722. The second-order valence-electron chi connectivity index (χ2n) is 6.93. The van der Waals surface area contributed by atoms with Crippen molar-refractivity contribution in [3.05, 3.63) is 101 Å². The number of esters is 1. The molecule has 1 heterocycles. The van der Waals surface area contributed by atoms with Crippen molar-refractivity contribution in [3.63, 3.8) is 0 Å². The zero-order valence-corrected chi connectivity index (χ0v) is 17.7. The number of rotatable bonds is 5. The van der Waals surface area contributed by atoms with Gasteiger partial charge in [-0.2, -0.15) is 0 Å². The predicted octanol–water partition coefficient (Wildman–Crippen LogP) is 3.78. The first-order chi connectivity index (χ1) is 15.0. The number of fused-ring (bicyclic) bond motifs is 2. The van der Waals surface area contributed by atoms with Gasteiger partial charge in [-0.3, -0.25) is 0 Å². The summed E-state index contributed by atoms with van der Waals surface area (Å²) >= 11 is 0. The highest BCUT2D eigenvalue weighted by molar-refractivity contribution is 7.89. The molecule has 31 heavy (non-hydrogen) atoms. The van der Waals surface area contributed by atoms with Gasteiger partial charge in [-0.05, 0) is 47.0 Å². The summed E-state index contributed by atoms with van der Waals surface area (Å²) in [5.74, 6) is 0.158. The van der Waals surface area contributed by atoms with Gasteiger partial charge in [0, 0.05) is 12.1 Å². The minimum atomic E-state index is -3.65. The number of hydrogen-bond acceptors (Lipinski definition) is 5. The molecule has 0 fully saturated rings. The third-order valence-electron chi connectivity index (χ3n) is 5.01. The first-order valence-electron chi connectivity index (χ1n) is 9.68. The molecule has 0 unspecified atom stereocenters. The lowest BCUT2D eigenvalue weighted by Crippen LogP contribution is -2.24. The Hall–Kier alpha value is -3.42. The number of sulfonamides is 1. The van der Waals surface area contributed by atoms with Crippen LogP contribution in [0.15, 0.2) is 83.8 Å². The van der Waals surface area contributed by atoms with Gasteiger partial charge < -0.3 is 9.47 Å². The number of benzene rings is 3. The van der Waals surface area contributed by atoms with Crippen molar-refractivity contribution in [1.82, 2.24) is 4.72 Å². The third-order valence-corrected chi connectivity index (χ3v) is 6.45. The summed E-state index contributed by atoms with van der Waals surface area (Å²) in [6.07, 6.45) is 1.80. The first kappa shape index (κ1) is 20.8. The fourth-order valence-electron chi connectivity index (χ4n) is 3.48. The number of ether oxygens (including phenoxy) is 2. The van der Waals surface area contributed by atoms with Crippen LogP contribution in [0.5, 0.6) is 5.75 Å². The Morgan fingerprint density at radius 2 is 1.77 bits per heavy atom. The number of methoxy groups -OCH3 is 1. The molecule has 0 saturated carbocycles. The molecule has 0 aromatic heterocycles. The van der Waals surface area contributed by atoms with E-state index in [0.29, 0.717) is 23.5 Å². The molecule has 0 radical (unpaired) electrons. The van der Waals surface area contributed by atoms with Crippen LogP contribution in [-0.2, 0) is 21.4 Å². The van der Waals surface area contributed by atoms with E-state index >= 15 is 0 Å². The van der Waals surface area contributed by atoms with Crippen LogP contribution in [0.4, 0.5) is 0 Å². The topological polar surface area (TPSA) is 81.7 Å². The molecule has 7 heteroatoms. The normalized spacial score (nSPS) is 14.2. The van der Waals surface area contributed by atoms with Crippen LogP contribution in [-0.4, -0.2) is 28.0 Å². The molecule has 0 saturated heterocycles. The van der Waals surface area contributed by atoms with E-state index < -0.39 is 16.0 Å². The van der Waals surface area contributed by atoms with Crippen LogP contribution in [0.3, 0.4) is 0 Å². The fraction of sp³-hybridized carbons (Fsp3) is 0.125. The molecular formula is C24H21NO5S. The van der Waals surface area contributed by atoms with Crippen LogP contribution in [0.1, 0.15) is 27.0 Å². The maximum atomic E-state index is 12.6. The molecular weight excluding hydrogens is 414 g/mol. The molecule has 6 nitrogen and oxygen atoms in total. The van der Waals surface area contributed by atoms with Crippen molar-refractivity contribution in [1.29, 1.82) is 0 Å². The highest BCUT2D eigenvalue weighted by Gasteiger charge is 2.21. The van der Waals surface area contributed by atoms with Crippen molar-refractivity contribution in [2.75, 3.05) is 13.7 Å². The van der Waals surface area contributed by atoms with Crippen molar-refractivity contribution in [2.24, 2.45) is 0 Å². The van der Waals surface area contributed by atoms with Crippen LogP contribution < -0.4 is 9.46 Å². The number of hydrogen-bond donors (Lipinski definition) is 1. The molecule has 0 atom stereocenters. The van der Waals surface area contributed by atoms with E-state index in [-0.39, 0.29) is 11.4 Å². The summed E-state index contributed by atoms with van der Waals surface area (Å²) in [6.45, 7) is 0.441. The Bertz CT molecular complexity index is 1250. The van der Waals surface area contributed by atoms with Gasteiger partial charge in [0.15, 0.2) is 0 Å². The van der Waals surface area contributed by atoms with Crippen molar-refractivity contribution >= 4 is 21.6 Å². The van der Waals surface area contributed by atoms with Gasteiger partial charge in [0.05, 0.1) is 17.6 Å². The van der Waals surface area contributed by atoms with E-state index in [1.165, 1.54) is 7.11 Å². The maximum absolute atomic E-state index is 12.6. The SMILES string of the molecule is COC(=O)c1ccc2c(c1)/C(=C/CNS(=O)(=O)c1ccccc1)c1ccccc1CO2. The van der Waals surface area contributed by atoms with Gasteiger partial charge in [0.25, 0.3) is 0 Å². The van der Waals surface area contributed by atoms with Gasteiger partial charge >= 0.3 is 5.97 Å². The third kappa shape index (κ3) is 4.38. The molecule has 158 valence electrons. The van der Waals surface area contributed by atoms with E-state index in [9.17, 15) is 13.2 Å². The van der Waals surface area contributed by atoms with E-state index in [2.05, 4.69) is 4.72 Å². The number of carbonyl (C=O) groups excluding carboxylic acids is 1. The van der Waals surface area contributed by atoms with Gasteiger partial charge in [0.2, 0.25) is 10.0 Å². The summed E-state index contributed by atoms with van der Waals surface area (Å²) in [4.78, 5) is 12.3. The summed E-state index contributed by atoms with van der Waals surface area (Å²) in [7, 11) is -2.32. The summed E-state index contributed by atoms with van der Waals surface area (Å²) in [6, 6.07) is 21.0. The summed E-state index contributed by atoms with van der Waals surface area (Å²) in [5.41, 5.74) is 3.76. The van der Waals surface area contributed by atoms with E-state index in [1.54, 1.807) is 54.6 Å². The second-order valence-corrected chi connectivity index (χ2v) is 8.70. The summed E-state index contributed by atoms with van der Waals surface area (Å²) < 4.78 is 38.6. The molecule has 0 spiro atoms. The maximum Gasteiger partial charge on any atom is 0.337 e. The monoisotopic (exact) mass is 435 g/mol. The second kappa shape index (κ2) is 8.75. The number of nitrogens with one attached hydrogen (secondary N) is 1. The van der Waals surface area contributed by atoms with Gasteiger partial charge in [-0.25, -0.2) is 17.9 Å². The van der Waals surface area contributed by atoms with Gasteiger partial charge in [0.1, 0.15) is 12.4 Å². The van der Waals surface area contributed by atoms with Crippen LogP contribution >= 0.6 is 0 Å². The largest absolute Gasteiger partial charge is 0.488 e. The Labute approximate surface area is 181 Å². The van der Waals surface area contributed by atoms with Crippen molar-refractivity contribution in [2.45, 2.75) is 11.5 Å². The molecule has 4 rings (SSSR count). The van der Waals surface area contributed by atoms with E-state index in [4.69, 9.17) is 9.47 Å². The molecule has 1 aliphatic heterocycles. The van der Waals surface area contributed by atoms with Gasteiger partial charge in [-0.1, -0.05) is 48.5 Å². The van der Waals surface area contributed by atoms with Crippen LogP contribution in [0.25, 0.3) is 5.57 Å². The lowest BCUT2D eigenvalue weighted by molar-refractivity contribution is 0.0600. The zero-order valence-electron chi connectivity index (χ0n) is 16.9. The standard InChI is InChI=1S/C24H21NO5S/c1-29-24(26)17-11-12-23-22(15-17)21(20-10-6-5-7-18(20)16-30-23)13-14-25-31(27,28)19-8-3-2-4-9-19/h2-13,15,25H,14,16H2,1H3/b21-13+. The molecule has 3 aromatic carbocycles. The highest BCUT2D eigenvalue weighted by Crippen LogP contribution is 2.37. The van der Waals surface area contributed by atoms with Gasteiger partial charge in [-0.15, -0.1) is 0 Å². The van der Waals surface area contributed by atoms with Crippen LogP contribution in [0, 0.1) is 0 Å². The predicted molar refractivity (Wildman–Crippen MR) is 117 cm³/mol. The van der Waals surface area contributed by atoms with Crippen LogP contribution in [0.2, 0.25) is 0 Å². The molecule has 0 amide bonds. The van der Waals surface area contributed by atoms with Crippen molar-refractivity contribution < 1.29 is 22.7 Å². The number of carbonyl (C=O) groups is 1. The van der Waals surface area contributed by atoms with E-state index in [1.807, 2.05) is 24.3 Å². The minimum Gasteiger partial charge on any atom is -0.488 e. The zero-order chi connectivity index (χ0) is 21.8. The molecule has 1 N–H and O–H groups in total. The fourth-order valence-corrected chi connectivity index (χ4v) is 4.46. The lowest BCUT2D eigenvalue weighted by Gasteiger charge is -2.12. The smallest absolute Gasteiger partial charge is 0.337 e. The Morgan fingerprint density at radius 3 is 2.55 bits per heavy atom. The van der Waals surface area contributed by atoms with Crippen molar-refractivity contribution in [3.8, 4) is 5.75 Å². The Kier molecular flexibility index (Phi) is 5.88. The summed E-state index contributed by atoms with van der Waals surface area (Å²) in [5, 5.41) is 0. The average molecular weight is 436 g/mol. The molecule has 0 aliphatic carbocycles.